The van der Waals surface area contributed by atoms with Crippen LogP contribution in [0.15, 0.2) is 59.7 Å². The number of carbonyl (C=O) groups excluding carboxylic acids is 1. The van der Waals surface area contributed by atoms with E-state index >= 15 is 0 Å². The minimum atomic E-state index is -0.484. The van der Waals surface area contributed by atoms with Crippen LogP contribution in [-0.2, 0) is 0 Å². The predicted octanol–water partition coefficient (Wildman–Crippen LogP) is 5.08. The number of nitrogens with zero attached hydrogens (tertiary/aromatic N) is 4. The summed E-state index contributed by atoms with van der Waals surface area (Å²) in [5.41, 5.74) is 10.2. The number of pyridine rings is 1. The van der Waals surface area contributed by atoms with E-state index in [1.807, 2.05) is 6.07 Å². The van der Waals surface area contributed by atoms with Crippen molar-refractivity contribution in [2.75, 3.05) is 5.32 Å². The number of aromatic nitrogens is 1. The molecule has 0 aliphatic carbocycles. The number of hydrogen-bond donors (Lipinski definition) is 1. The van der Waals surface area contributed by atoms with Gasteiger partial charge in [-0.2, -0.15) is 0 Å². The van der Waals surface area contributed by atoms with Crippen molar-refractivity contribution in [1.29, 1.82) is 0 Å². The summed E-state index contributed by atoms with van der Waals surface area (Å²) < 4.78 is 0. The molecule has 0 fully saturated rings. The van der Waals surface area contributed by atoms with E-state index in [0.29, 0.717) is 16.6 Å². The molecular formula is C16H10ClN5O. The van der Waals surface area contributed by atoms with Crippen LogP contribution in [0.25, 0.3) is 21.3 Å². The normalized spacial score (nSPS) is 10.1. The van der Waals surface area contributed by atoms with Crippen LogP contribution >= 0.6 is 11.6 Å². The average Bonchev–Trinajstić information content (AvgIpc) is 2.56. The summed E-state index contributed by atoms with van der Waals surface area (Å²) in [6.45, 7) is 0. The summed E-state index contributed by atoms with van der Waals surface area (Å²) in [5, 5.41) is 6.92. The van der Waals surface area contributed by atoms with Crippen LogP contribution in [-0.4, -0.2) is 10.9 Å². The number of rotatable bonds is 3. The number of hydrogen-bond acceptors (Lipinski definition) is 3. The van der Waals surface area contributed by atoms with Crippen molar-refractivity contribution in [2.24, 2.45) is 5.11 Å². The van der Waals surface area contributed by atoms with Gasteiger partial charge in [-0.3, -0.25) is 4.79 Å². The number of benzene rings is 2. The fourth-order valence-electron chi connectivity index (χ4n) is 2.23. The maximum absolute atomic E-state index is 12.6. The zero-order valence-corrected chi connectivity index (χ0v) is 12.5. The van der Waals surface area contributed by atoms with Gasteiger partial charge in [-0.05, 0) is 23.7 Å². The zero-order chi connectivity index (χ0) is 16.2. The molecule has 112 valence electrons. The van der Waals surface area contributed by atoms with Gasteiger partial charge in [0.05, 0.1) is 16.8 Å². The fourth-order valence-corrected chi connectivity index (χ4v) is 2.50. The molecule has 3 aromatic rings. The molecule has 6 nitrogen and oxygen atoms in total. The Kier molecular flexibility index (Phi) is 4.10. The Bertz CT molecular complexity index is 936. The molecule has 1 N–H and O–H groups in total. The van der Waals surface area contributed by atoms with E-state index in [0.717, 1.165) is 0 Å². The molecule has 0 radical (unpaired) electrons. The summed E-state index contributed by atoms with van der Waals surface area (Å²) in [6.07, 6.45) is 0. The first-order valence-electron chi connectivity index (χ1n) is 6.70. The molecular weight excluding hydrogens is 314 g/mol. The van der Waals surface area contributed by atoms with E-state index < -0.39 is 5.91 Å². The van der Waals surface area contributed by atoms with Crippen LogP contribution in [0, 0.1) is 0 Å². The van der Waals surface area contributed by atoms with Crippen LogP contribution in [0.4, 0.5) is 11.4 Å². The maximum Gasteiger partial charge on any atom is 0.259 e. The van der Waals surface area contributed by atoms with Gasteiger partial charge in [0.1, 0.15) is 5.15 Å². The Morgan fingerprint density at radius 3 is 2.57 bits per heavy atom. The van der Waals surface area contributed by atoms with E-state index in [9.17, 15) is 4.79 Å². The second kappa shape index (κ2) is 6.36. The lowest BCUT2D eigenvalue weighted by Crippen LogP contribution is -2.13. The number of carbonyl (C=O) groups is 1. The lowest BCUT2D eigenvalue weighted by Gasteiger charge is -2.11. The highest BCUT2D eigenvalue weighted by Gasteiger charge is 2.19. The number of anilines is 1. The third-order valence-electron chi connectivity index (χ3n) is 3.22. The topological polar surface area (TPSA) is 90.8 Å². The predicted molar refractivity (Wildman–Crippen MR) is 90.0 cm³/mol. The van der Waals surface area contributed by atoms with Crippen molar-refractivity contribution in [1.82, 2.24) is 4.98 Å². The van der Waals surface area contributed by atoms with E-state index in [1.54, 1.807) is 48.5 Å². The Hall–Kier alpha value is -3.08. The van der Waals surface area contributed by atoms with Gasteiger partial charge in [-0.15, -0.1) is 0 Å². The largest absolute Gasteiger partial charge is 0.322 e. The first-order valence-corrected chi connectivity index (χ1v) is 7.08. The summed E-state index contributed by atoms with van der Waals surface area (Å²) in [4.78, 5) is 19.6. The standard InChI is InChI=1S/C16H10ClN5O/c17-15-13(16(23)19-10-6-2-1-3-7-10)14(21-22-18)11-8-4-5-9-12(11)20-15/h1-9H,(H,19,23). The van der Waals surface area contributed by atoms with Crippen molar-refractivity contribution in [3.63, 3.8) is 0 Å². The highest BCUT2D eigenvalue weighted by atomic mass is 35.5. The number of azide groups is 1. The van der Waals surface area contributed by atoms with Crippen molar-refractivity contribution < 1.29 is 4.79 Å². The third-order valence-corrected chi connectivity index (χ3v) is 3.50. The van der Waals surface area contributed by atoms with Gasteiger partial charge in [0.15, 0.2) is 0 Å². The lowest BCUT2D eigenvalue weighted by molar-refractivity contribution is 0.102. The quantitative estimate of drug-likeness (QED) is 0.315. The van der Waals surface area contributed by atoms with Gasteiger partial charge in [0.25, 0.3) is 5.91 Å². The first kappa shape index (κ1) is 14.8. The van der Waals surface area contributed by atoms with E-state index in [1.165, 1.54) is 0 Å². The SMILES string of the molecule is [N-]=[N+]=Nc1c(C(=O)Nc2ccccc2)c(Cl)nc2ccccc12. The molecule has 23 heavy (non-hydrogen) atoms. The Morgan fingerprint density at radius 2 is 1.83 bits per heavy atom. The van der Waals surface area contributed by atoms with Gasteiger partial charge in [-0.1, -0.05) is 53.1 Å². The van der Waals surface area contributed by atoms with Crippen molar-refractivity contribution in [3.05, 3.63) is 75.8 Å². The van der Waals surface area contributed by atoms with Gasteiger partial charge < -0.3 is 5.32 Å². The van der Waals surface area contributed by atoms with E-state index in [-0.39, 0.29) is 16.4 Å². The smallest absolute Gasteiger partial charge is 0.259 e. The molecule has 1 aromatic heterocycles. The second-order valence-corrected chi connectivity index (χ2v) is 5.01. The third kappa shape index (κ3) is 2.94. The van der Waals surface area contributed by atoms with Gasteiger partial charge in [-0.25, -0.2) is 4.98 Å². The van der Waals surface area contributed by atoms with E-state index in [4.69, 9.17) is 17.1 Å². The maximum atomic E-state index is 12.6. The number of para-hydroxylation sites is 2. The number of nitrogens with one attached hydrogen (secondary N) is 1. The molecule has 7 heteroatoms. The average molecular weight is 324 g/mol. The molecule has 1 amide bonds. The summed E-state index contributed by atoms with van der Waals surface area (Å²) in [6, 6.07) is 15.9. The molecule has 0 saturated heterocycles. The molecule has 0 aliphatic heterocycles. The van der Waals surface area contributed by atoms with Crippen LogP contribution in [0.1, 0.15) is 10.4 Å². The molecule has 0 atom stereocenters. The van der Waals surface area contributed by atoms with Gasteiger partial charge in [0, 0.05) is 16.0 Å². The van der Waals surface area contributed by atoms with Crippen LogP contribution in [0.5, 0.6) is 0 Å². The number of amides is 1. The number of fused-ring (bicyclic) bond motifs is 1. The van der Waals surface area contributed by atoms with Gasteiger partial charge in [0.2, 0.25) is 0 Å². The van der Waals surface area contributed by atoms with Crippen LogP contribution < -0.4 is 5.32 Å². The lowest BCUT2D eigenvalue weighted by atomic mass is 10.1. The molecule has 0 unspecified atom stereocenters. The molecule has 2 aromatic carbocycles. The monoisotopic (exact) mass is 323 g/mol. The van der Waals surface area contributed by atoms with Crippen molar-refractivity contribution in [3.8, 4) is 0 Å². The highest BCUT2D eigenvalue weighted by Crippen LogP contribution is 2.34. The summed E-state index contributed by atoms with van der Waals surface area (Å²) in [5.74, 6) is -0.484. The minimum Gasteiger partial charge on any atom is -0.322 e. The Morgan fingerprint density at radius 1 is 1.13 bits per heavy atom. The number of halogens is 1. The summed E-state index contributed by atoms with van der Waals surface area (Å²) in [7, 11) is 0. The second-order valence-electron chi connectivity index (χ2n) is 4.65. The Balaban J connectivity index is 2.16. The highest BCUT2D eigenvalue weighted by molar-refractivity contribution is 6.35. The molecule has 0 saturated carbocycles. The Labute approximate surface area is 136 Å². The van der Waals surface area contributed by atoms with E-state index in [2.05, 4.69) is 20.3 Å². The van der Waals surface area contributed by atoms with Crippen molar-refractivity contribution >= 4 is 39.8 Å². The molecule has 1 heterocycles. The van der Waals surface area contributed by atoms with Crippen LogP contribution in [0.3, 0.4) is 0 Å². The molecule has 0 bridgehead atoms. The fraction of sp³-hybridized carbons (Fsp3) is 0. The molecule has 0 spiro atoms. The summed E-state index contributed by atoms with van der Waals surface area (Å²) >= 11 is 6.15. The minimum absolute atomic E-state index is 0.0143. The van der Waals surface area contributed by atoms with Crippen LogP contribution in [0.2, 0.25) is 5.15 Å². The molecule has 0 aliphatic rings. The molecule has 3 rings (SSSR count). The van der Waals surface area contributed by atoms with Gasteiger partial charge >= 0.3 is 0 Å². The first-order chi connectivity index (χ1) is 11.2. The zero-order valence-electron chi connectivity index (χ0n) is 11.8. The van der Waals surface area contributed by atoms with Crippen molar-refractivity contribution in [2.45, 2.75) is 0 Å².